The summed E-state index contributed by atoms with van der Waals surface area (Å²) >= 11 is 0. The molecular formula is C19H32N2O3. The average molecular weight is 336 g/mol. The number of piperidine rings is 1. The Balaban J connectivity index is 1.89. The van der Waals surface area contributed by atoms with Gasteiger partial charge in [0.25, 0.3) is 0 Å². The molecule has 0 bridgehead atoms. The highest BCUT2D eigenvalue weighted by Gasteiger charge is 2.28. The number of hydrogen-bond donors (Lipinski definition) is 2. The lowest BCUT2D eigenvalue weighted by Crippen LogP contribution is -2.47. The highest BCUT2D eigenvalue weighted by atomic mass is 16.5. The lowest BCUT2D eigenvalue weighted by Gasteiger charge is -2.38. The molecule has 5 nitrogen and oxygen atoms in total. The first kappa shape index (κ1) is 18.9. The molecule has 24 heavy (non-hydrogen) atoms. The highest BCUT2D eigenvalue weighted by molar-refractivity contribution is 5.54. The van der Waals surface area contributed by atoms with Crippen LogP contribution in [0.4, 0.5) is 5.69 Å². The van der Waals surface area contributed by atoms with E-state index in [1.807, 2.05) is 18.2 Å². The van der Waals surface area contributed by atoms with Crippen molar-refractivity contribution in [3.63, 3.8) is 0 Å². The number of β-amino-alcohol motifs (C(OH)–C–C–N with tert-alkyl or cyclic N) is 1. The van der Waals surface area contributed by atoms with Gasteiger partial charge < -0.3 is 24.8 Å². The maximum atomic E-state index is 10.5. The van der Waals surface area contributed by atoms with Gasteiger partial charge in [-0.25, -0.2) is 0 Å². The summed E-state index contributed by atoms with van der Waals surface area (Å²) in [5.41, 5.74) is 0.490. The Morgan fingerprint density at radius 3 is 2.08 bits per heavy atom. The number of benzene rings is 1. The third-order valence-electron chi connectivity index (χ3n) is 5.14. The van der Waals surface area contributed by atoms with Crippen molar-refractivity contribution >= 4 is 5.69 Å². The molecule has 0 spiro atoms. The second kappa shape index (κ2) is 8.58. The van der Waals surface area contributed by atoms with Gasteiger partial charge in [-0.15, -0.1) is 0 Å². The van der Waals surface area contributed by atoms with Crippen LogP contribution in [0.5, 0.6) is 11.5 Å². The van der Waals surface area contributed by atoms with Crippen LogP contribution in [0.25, 0.3) is 0 Å². The summed E-state index contributed by atoms with van der Waals surface area (Å²) in [6, 6.07) is 6.32. The van der Waals surface area contributed by atoms with Crippen LogP contribution in [0.15, 0.2) is 18.2 Å². The van der Waals surface area contributed by atoms with E-state index in [-0.39, 0.29) is 0 Å². The molecule has 2 rings (SSSR count). The Hall–Kier alpha value is -1.46. The molecule has 0 atom stereocenters. The fraction of sp³-hybridized carbons (Fsp3) is 0.684. The molecule has 1 aliphatic heterocycles. The van der Waals surface area contributed by atoms with Gasteiger partial charge in [0.2, 0.25) is 0 Å². The molecular weight excluding hydrogens is 304 g/mol. The van der Waals surface area contributed by atoms with Crippen LogP contribution >= 0.6 is 0 Å². The number of anilines is 1. The Labute approximate surface area is 146 Å². The smallest absolute Gasteiger partial charge is 0.124 e. The Bertz CT molecular complexity index is 487. The summed E-state index contributed by atoms with van der Waals surface area (Å²) in [6.07, 6.45) is 3.77. The van der Waals surface area contributed by atoms with E-state index in [4.69, 9.17) is 9.47 Å². The molecule has 0 unspecified atom stereocenters. The van der Waals surface area contributed by atoms with E-state index >= 15 is 0 Å². The van der Waals surface area contributed by atoms with Gasteiger partial charge in [0.15, 0.2) is 0 Å². The van der Waals surface area contributed by atoms with Crippen molar-refractivity contribution in [2.45, 2.75) is 51.2 Å². The summed E-state index contributed by atoms with van der Waals surface area (Å²) in [7, 11) is 3.33. The minimum Gasteiger partial charge on any atom is -0.497 e. The first-order valence-electron chi connectivity index (χ1n) is 8.96. The van der Waals surface area contributed by atoms with Gasteiger partial charge >= 0.3 is 0 Å². The van der Waals surface area contributed by atoms with Crippen molar-refractivity contribution in [2.75, 3.05) is 39.2 Å². The van der Waals surface area contributed by atoms with Crippen molar-refractivity contribution in [1.82, 2.24) is 4.90 Å². The van der Waals surface area contributed by atoms with Gasteiger partial charge in [-0.05, 0) is 25.7 Å². The summed E-state index contributed by atoms with van der Waals surface area (Å²) in [5, 5.41) is 14.1. The van der Waals surface area contributed by atoms with Crippen LogP contribution in [0, 0.1) is 0 Å². The summed E-state index contributed by atoms with van der Waals surface area (Å²) < 4.78 is 10.7. The number of likely N-dealkylation sites (tertiary alicyclic amines) is 1. The number of methoxy groups -OCH3 is 2. The van der Waals surface area contributed by atoms with Gasteiger partial charge in [0.05, 0.1) is 19.8 Å². The van der Waals surface area contributed by atoms with E-state index in [0.717, 1.165) is 62.5 Å². The van der Waals surface area contributed by atoms with E-state index in [1.54, 1.807) is 14.2 Å². The zero-order valence-electron chi connectivity index (χ0n) is 15.5. The van der Waals surface area contributed by atoms with Gasteiger partial charge in [0.1, 0.15) is 11.5 Å². The molecule has 0 radical (unpaired) electrons. The predicted molar refractivity (Wildman–Crippen MR) is 98.2 cm³/mol. The maximum absolute atomic E-state index is 10.5. The molecule has 1 aliphatic rings. The number of rotatable bonds is 8. The van der Waals surface area contributed by atoms with E-state index in [2.05, 4.69) is 24.1 Å². The highest BCUT2D eigenvalue weighted by Crippen LogP contribution is 2.28. The van der Waals surface area contributed by atoms with Crippen LogP contribution in [0.2, 0.25) is 0 Å². The van der Waals surface area contributed by atoms with Gasteiger partial charge in [0, 0.05) is 49.6 Å². The van der Waals surface area contributed by atoms with Crippen LogP contribution in [-0.2, 0) is 0 Å². The fourth-order valence-corrected chi connectivity index (χ4v) is 3.25. The zero-order valence-corrected chi connectivity index (χ0v) is 15.5. The van der Waals surface area contributed by atoms with Crippen molar-refractivity contribution in [2.24, 2.45) is 0 Å². The van der Waals surface area contributed by atoms with Crippen molar-refractivity contribution in [3.05, 3.63) is 18.2 Å². The topological polar surface area (TPSA) is 54.0 Å². The fourth-order valence-electron chi connectivity index (χ4n) is 3.25. The minimum atomic E-state index is -0.541. The molecule has 1 saturated heterocycles. The molecule has 1 aromatic rings. The second-order valence-corrected chi connectivity index (χ2v) is 6.73. The van der Waals surface area contributed by atoms with Crippen LogP contribution in [0.3, 0.4) is 0 Å². The Morgan fingerprint density at radius 1 is 1.08 bits per heavy atom. The summed E-state index contributed by atoms with van der Waals surface area (Å²) in [5.74, 6) is 1.59. The molecule has 0 saturated carbocycles. The number of aliphatic hydroxyl groups is 1. The van der Waals surface area contributed by atoms with Crippen molar-refractivity contribution in [3.8, 4) is 11.5 Å². The van der Waals surface area contributed by atoms with Crippen LogP contribution < -0.4 is 14.8 Å². The lowest BCUT2D eigenvalue weighted by molar-refractivity contribution is -0.00841. The molecule has 1 heterocycles. The van der Waals surface area contributed by atoms with Crippen molar-refractivity contribution < 1.29 is 14.6 Å². The van der Waals surface area contributed by atoms with E-state index < -0.39 is 5.60 Å². The summed E-state index contributed by atoms with van der Waals surface area (Å²) in [6.45, 7) is 6.93. The third kappa shape index (κ3) is 5.02. The number of nitrogens with zero attached hydrogens (tertiary/aromatic N) is 1. The molecule has 1 fully saturated rings. The zero-order chi connectivity index (χ0) is 17.6. The van der Waals surface area contributed by atoms with E-state index in [9.17, 15) is 5.11 Å². The number of nitrogens with one attached hydrogen (secondary N) is 1. The Morgan fingerprint density at radius 2 is 1.62 bits per heavy atom. The van der Waals surface area contributed by atoms with Crippen LogP contribution in [0.1, 0.15) is 39.5 Å². The standard InChI is InChI=1S/C19H32N2O3/c1-5-19(22,6-2)14-21-9-7-15(8-10-21)20-16-11-17(23-3)13-18(12-16)24-4/h11-13,15,20,22H,5-10,14H2,1-4H3. The molecule has 0 aromatic heterocycles. The monoisotopic (exact) mass is 336 g/mol. The molecule has 0 aliphatic carbocycles. The van der Waals surface area contributed by atoms with E-state index in [1.165, 1.54) is 0 Å². The molecule has 1 aromatic carbocycles. The van der Waals surface area contributed by atoms with E-state index in [0.29, 0.717) is 6.04 Å². The SMILES string of the molecule is CCC(O)(CC)CN1CCC(Nc2cc(OC)cc(OC)c2)CC1. The normalized spacial score (nSPS) is 16.9. The number of ether oxygens (including phenoxy) is 2. The Kier molecular flexibility index (Phi) is 6.75. The van der Waals surface area contributed by atoms with Gasteiger partial charge in [-0.1, -0.05) is 13.8 Å². The first-order chi connectivity index (χ1) is 11.5. The second-order valence-electron chi connectivity index (χ2n) is 6.73. The lowest BCUT2D eigenvalue weighted by atomic mass is 9.95. The van der Waals surface area contributed by atoms with Crippen LogP contribution in [-0.4, -0.2) is 55.5 Å². The largest absolute Gasteiger partial charge is 0.497 e. The van der Waals surface area contributed by atoms with Gasteiger partial charge in [-0.2, -0.15) is 0 Å². The first-order valence-corrected chi connectivity index (χ1v) is 8.96. The van der Waals surface area contributed by atoms with Crippen molar-refractivity contribution in [1.29, 1.82) is 0 Å². The summed E-state index contributed by atoms with van der Waals surface area (Å²) in [4.78, 5) is 2.39. The predicted octanol–water partition coefficient (Wildman–Crippen LogP) is 3.13. The average Bonchev–Trinajstić information content (AvgIpc) is 2.62. The maximum Gasteiger partial charge on any atom is 0.124 e. The molecule has 5 heteroatoms. The number of hydrogen-bond acceptors (Lipinski definition) is 5. The quantitative estimate of drug-likeness (QED) is 0.764. The minimum absolute atomic E-state index is 0.439. The molecule has 136 valence electrons. The molecule has 2 N–H and O–H groups in total. The molecule has 0 amide bonds. The van der Waals surface area contributed by atoms with Gasteiger partial charge in [-0.3, -0.25) is 0 Å². The third-order valence-corrected chi connectivity index (χ3v) is 5.14.